The van der Waals surface area contributed by atoms with Gasteiger partial charge in [0.2, 0.25) is 0 Å². The van der Waals surface area contributed by atoms with Crippen LogP contribution in [0.3, 0.4) is 0 Å². The van der Waals surface area contributed by atoms with Crippen LogP contribution in [-0.4, -0.2) is 16.3 Å². The monoisotopic (exact) mass is 241 g/mol. The molecule has 0 aromatic heterocycles. The second-order valence-electron chi connectivity index (χ2n) is 5.89. The Hall–Kier alpha value is -1.03. The third-order valence-electron chi connectivity index (χ3n) is 3.24. The lowest BCUT2D eigenvalue weighted by atomic mass is 9.77. The lowest BCUT2D eigenvalue weighted by molar-refractivity contribution is -0.126. The minimum atomic E-state index is -0.379. The summed E-state index contributed by atoms with van der Waals surface area (Å²) in [6.07, 6.45) is 3.19. The number of carbonyl (C=O) groups excluding carboxylic acids is 1. The van der Waals surface area contributed by atoms with Crippen LogP contribution in [0.4, 0.5) is 0 Å². The molecular formula is C13H27N3O. The minimum Gasteiger partial charge on any atom is -0.401 e. The molecule has 0 atom stereocenters. The molecule has 0 fully saturated rings. The maximum absolute atomic E-state index is 11.5. The van der Waals surface area contributed by atoms with Crippen LogP contribution in [0.2, 0.25) is 0 Å². The van der Waals surface area contributed by atoms with Gasteiger partial charge in [-0.1, -0.05) is 20.8 Å². The number of rotatable bonds is 6. The van der Waals surface area contributed by atoms with Gasteiger partial charge in [-0.3, -0.25) is 4.79 Å². The van der Waals surface area contributed by atoms with E-state index < -0.39 is 0 Å². The summed E-state index contributed by atoms with van der Waals surface area (Å²) in [5, 5.41) is 1.61. The van der Waals surface area contributed by atoms with Gasteiger partial charge in [-0.2, -0.15) is 0 Å². The second kappa shape index (κ2) is 5.54. The first-order valence-electron chi connectivity index (χ1n) is 6.04. The van der Waals surface area contributed by atoms with Crippen molar-refractivity contribution < 1.29 is 4.79 Å². The van der Waals surface area contributed by atoms with Crippen molar-refractivity contribution in [1.29, 1.82) is 0 Å². The van der Waals surface area contributed by atoms with Crippen LogP contribution in [0, 0.1) is 5.41 Å². The van der Waals surface area contributed by atoms with Crippen LogP contribution >= 0.6 is 0 Å². The first-order valence-corrected chi connectivity index (χ1v) is 6.04. The normalized spacial score (nSPS) is 13.7. The number of Topliss-reactive ketones (excluding diaryl/α,β-unsaturated/α-hetero) is 1. The Kier molecular flexibility index (Phi) is 5.20. The highest BCUT2D eigenvalue weighted by atomic mass is 16.1. The average Bonchev–Trinajstić information content (AvgIpc) is 2.15. The van der Waals surface area contributed by atoms with E-state index in [0.717, 1.165) is 12.1 Å². The van der Waals surface area contributed by atoms with Crippen molar-refractivity contribution in [2.75, 3.05) is 0 Å². The number of carbonyl (C=O) groups is 1. The van der Waals surface area contributed by atoms with E-state index in [2.05, 4.69) is 0 Å². The molecule has 0 aromatic carbocycles. The van der Waals surface area contributed by atoms with Gasteiger partial charge in [0.05, 0.1) is 5.54 Å². The maximum Gasteiger partial charge on any atom is 0.135 e. The summed E-state index contributed by atoms with van der Waals surface area (Å²) in [7, 11) is 0. The van der Waals surface area contributed by atoms with E-state index in [1.165, 1.54) is 0 Å². The zero-order valence-corrected chi connectivity index (χ0v) is 12.0. The van der Waals surface area contributed by atoms with E-state index >= 15 is 0 Å². The minimum absolute atomic E-state index is 0.173. The van der Waals surface area contributed by atoms with Gasteiger partial charge in [-0.15, -0.1) is 0 Å². The number of nitrogens with zero attached hydrogens (tertiary/aromatic N) is 1. The summed E-state index contributed by atoms with van der Waals surface area (Å²) in [5.74, 6) is 6.17. The quantitative estimate of drug-likeness (QED) is 0.552. The van der Waals surface area contributed by atoms with Crippen molar-refractivity contribution in [3.63, 3.8) is 0 Å². The van der Waals surface area contributed by atoms with Gasteiger partial charge in [0.1, 0.15) is 5.78 Å². The lowest BCUT2D eigenvalue weighted by Crippen LogP contribution is -2.49. The molecule has 0 heterocycles. The molecule has 0 spiro atoms. The van der Waals surface area contributed by atoms with Crippen molar-refractivity contribution >= 4 is 5.78 Å². The maximum atomic E-state index is 11.5. The number of ketones is 1. The highest BCUT2D eigenvalue weighted by Crippen LogP contribution is 2.31. The van der Waals surface area contributed by atoms with Crippen LogP contribution in [0.5, 0.6) is 0 Å². The van der Waals surface area contributed by atoms with Crippen molar-refractivity contribution in [2.45, 2.75) is 59.9 Å². The fourth-order valence-corrected chi connectivity index (χ4v) is 1.74. The summed E-state index contributed by atoms with van der Waals surface area (Å²) >= 11 is 0. The molecule has 0 rings (SSSR count). The number of hydrogen-bond acceptors (Lipinski definition) is 4. The molecule has 0 aliphatic heterocycles. The van der Waals surface area contributed by atoms with Gasteiger partial charge in [0, 0.05) is 17.3 Å². The predicted molar refractivity (Wildman–Crippen MR) is 71.7 cm³/mol. The molecule has 0 aromatic rings. The molecule has 4 N–H and O–H groups in total. The highest BCUT2D eigenvalue weighted by molar-refractivity contribution is 5.81. The smallest absolute Gasteiger partial charge is 0.135 e. The molecule has 4 nitrogen and oxygen atoms in total. The van der Waals surface area contributed by atoms with Gasteiger partial charge in [-0.25, -0.2) is 5.84 Å². The van der Waals surface area contributed by atoms with Crippen molar-refractivity contribution in [2.24, 2.45) is 17.0 Å². The van der Waals surface area contributed by atoms with E-state index in [9.17, 15) is 4.79 Å². The molecule has 0 aliphatic rings. The number of hydrogen-bond donors (Lipinski definition) is 2. The van der Waals surface area contributed by atoms with Crippen LogP contribution in [0.25, 0.3) is 0 Å². The molecule has 17 heavy (non-hydrogen) atoms. The number of hydrazine groups is 1. The molecular weight excluding hydrogens is 214 g/mol. The van der Waals surface area contributed by atoms with Gasteiger partial charge in [0.25, 0.3) is 0 Å². The molecule has 0 unspecified atom stereocenters. The topological polar surface area (TPSA) is 72.3 Å². The fourth-order valence-electron chi connectivity index (χ4n) is 1.74. The van der Waals surface area contributed by atoms with Crippen LogP contribution in [-0.2, 0) is 4.79 Å². The second-order valence-corrected chi connectivity index (χ2v) is 5.89. The third-order valence-corrected chi connectivity index (χ3v) is 3.24. The molecule has 0 bridgehead atoms. The Labute approximate surface area is 105 Å². The van der Waals surface area contributed by atoms with E-state index in [-0.39, 0.29) is 16.7 Å². The van der Waals surface area contributed by atoms with Crippen LogP contribution < -0.4 is 11.6 Å². The SMILES string of the molecule is CC/C(N)=C/N(N)C(C)(C)CC(C)(C)C(C)=O. The Morgan fingerprint density at radius 2 is 1.76 bits per heavy atom. The van der Waals surface area contributed by atoms with Gasteiger partial charge < -0.3 is 10.7 Å². The Balaban J connectivity index is 4.85. The summed E-state index contributed by atoms with van der Waals surface area (Å²) in [5.41, 5.74) is 5.81. The first-order chi connectivity index (χ1) is 7.53. The summed E-state index contributed by atoms with van der Waals surface area (Å²) in [6.45, 7) is 11.5. The Morgan fingerprint density at radius 3 is 2.12 bits per heavy atom. The zero-order valence-electron chi connectivity index (χ0n) is 12.0. The lowest BCUT2D eigenvalue weighted by Gasteiger charge is -2.39. The van der Waals surface area contributed by atoms with Gasteiger partial charge >= 0.3 is 0 Å². The Morgan fingerprint density at radius 1 is 1.29 bits per heavy atom. The highest BCUT2D eigenvalue weighted by Gasteiger charge is 2.34. The summed E-state index contributed by atoms with van der Waals surface area (Å²) in [6, 6.07) is 0. The first kappa shape index (κ1) is 16.0. The van der Waals surface area contributed by atoms with Crippen LogP contribution in [0.15, 0.2) is 11.9 Å². The molecule has 0 amide bonds. The number of nitrogens with two attached hydrogens (primary N) is 2. The summed E-state index contributed by atoms with van der Waals surface area (Å²) in [4.78, 5) is 11.5. The van der Waals surface area contributed by atoms with E-state index in [0.29, 0.717) is 6.42 Å². The zero-order chi connectivity index (χ0) is 13.9. The molecule has 0 radical (unpaired) electrons. The predicted octanol–water partition coefficient (Wildman–Crippen LogP) is 2.16. The largest absolute Gasteiger partial charge is 0.401 e. The van der Waals surface area contributed by atoms with Gasteiger partial charge in [0.15, 0.2) is 0 Å². The molecule has 0 saturated heterocycles. The molecule has 0 saturated carbocycles. The van der Waals surface area contributed by atoms with E-state index in [1.807, 2.05) is 34.6 Å². The molecule has 0 aliphatic carbocycles. The molecule has 100 valence electrons. The standard InChI is InChI=1S/C13H27N3O/c1-7-11(14)8-16(15)13(5,6)9-12(3,4)10(2)17/h8H,7,9,14-15H2,1-6H3/b11-8-. The third kappa shape index (κ3) is 4.77. The Bertz CT molecular complexity index is 306. The number of allylic oxidation sites excluding steroid dienone is 1. The van der Waals surface area contributed by atoms with Crippen molar-refractivity contribution in [3.05, 3.63) is 11.9 Å². The van der Waals surface area contributed by atoms with Crippen molar-refractivity contribution in [3.8, 4) is 0 Å². The fraction of sp³-hybridized carbons (Fsp3) is 0.769. The average molecular weight is 241 g/mol. The van der Waals surface area contributed by atoms with Crippen molar-refractivity contribution in [1.82, 2.24) is 5.01 Å². The van der Waals surface area contributed by atoms with E-state index in [4.69, 9.17) is 11.6 Å². The summed E-state index contributed by atoms with van der Waals surface area (Å²) < 4.78 is 0. The molecule has 4 heteroatoms. The van der Waals surface area contributed by atoms with Gasteiger partial charge in [-0.05, 0) is 33.6 Å². The van der Waals surface area contributed by atoms with E-state index in [1.54, 1.807) is 18.1 Å². The van der Waals surface area contributed by atoms with Crippen LogP contribution in [0.1, 0.15) is 54.4 Å².